The molecule has 0 bridgehead atoms. The summed E-state index contributed by atoms with van der Waals surface area (Å²) in [5, 5.41) is 0. The number of thioether (sulfide) groups is 2. The van der Waals surface area contributed by atoms with Gasteiger partial charge in [-0.05, 0) is 48.7 Å². The molecule has 0 spiro atoms. The van der Waals surface area contributed by atoms with Crippen molar-refractivity contribution in [2.24, 2.45) is 0 Å². The minimum Gasteiger partial charge on any atom is -0.462 e. The van der Waals surface area contributed by atoms with E-state index in [-0.39, 0.29) is 5.97 Å². The Labute approximate surface area is 195 Å². The third kappa shape index (κ3) is 4.47. The SMILES string of the molecule is CCOC(=O)c1sc(SCC)[n+](-c2ccccc2-[n+]2c(SCC)sc(C)c2C)c1C. The van der Waals surface area contributed by atoms with Gasteiger partial charge in [-0.2, -0.15) is 0 Å². The van der Waals surface area contributed by atoms with Crippen LogP contribution < -0.4 is 9.13 Å². The summed E-state index contributed by atoms with van der Waals surface area (Å²) in [5.74, 6) is 1.72. The second kappa shape index (κ2) is 10.3. The molecule has 0 amide bonds. The standard InChI is InChI=1S/C22H28N2O2S4/c1-7-26-20(25)19-15(5)24(22(30-19)28-9-3)18-13-11-10-12-17(18)23-14(4)16(6)29-21(23)27-8-2/h10-13H,7-9H2,1-6H3/q+2. The molecule has 160 valence electrons. The molecule has 30 heavy (non-hydrogen) atoms. The molecule has 0 fully saturated rings. The Hall–Kier alpha value is -1.35. The molecule has 0 unspecified atom stereocenters. The monoisotopic (exact) mass is 480 g/mol. The second-order valence-corrected chi connectivity index (χ2v) is 11.8. The summed E-state index contributed by atoms with van der Waals surface area (Å²) >= 11 is 6.98. The minimum absolute atomic E-state index is 0.244. The van der Waals surface area contributed by atoms with E-state index in [2.05, 4.69) is 61.1 Å². The number of aromatic nitrogens is 2. The lowest BCUT2D eigenvalue weighted by Crippen LogP contribution is -2.43. The van der Waals surface area contributed by atoms with Gasteiger partial charge in [0.25, 0.3) is 11.4 Å². The normalized spacial score (nSPS) is 11.1. The topological polar surface area (TPSA) is 34.1 Å². The molecule has 1 aromatic carbocycles. The molecule has 0 aliphatic heterocycles. The number of hydrogen-bond donors (Lipinski definition) is 0. The highest BCUT2D eigenvalue weighted by atomic mass is 32.2. The van der Waals surface area contributed by atoms with E-state index in [9.17, 15) is 4.79 Å². The van der Waals surface area contributed by atoms with Crippen LogP contribution >= 0.6 is 46.2 Å². The first-order chi connectivity index (χ1) is 14.4. The number of carbonyl (C=O) groups excluding carboxylic acids is 1. The Morgan fingerprint density at radius 3 is 1.97 bits per heavy atom. The molecular formula is C22H28N2O2S4+2. The van der Waals surface area contributed by atoms with Crippen LogP contribution in [0.1, 0.15) is 46.7 Å². The lowest BCUT2D eigenvalue weighted by molar-refractivity contribution is -0.671. The summed E-state index contributed by atoms with van der Waals surface area (Å²) in [6.45, 7) is 12.9. The van der Waals surface area contributed by atoms with E-state index in [0.717, 1.165) is 32.9 Å². The summed E-state index contributed by atoms with van der Waals surface area (Å²) in [5.41, 5.74) is 4.40. The van der Waals surface area contributed by atoms with Crippen LogP contribution in [-0.4, -0.2) is 24.1 Å². The number of ether oxygens (including phenoxy) is 1. The van der Waals surface area contributed by atoms with Gasteiger partial charge in [0, 0.05) is 37.5 Å². The van der Waals surface area contributed by atoms with Crippen molar-refractivity contribution in [1.82, 2.24) is 0 Å². The Bertz CT molecular complexity index is 1060. The molecule has 0 saturated carbocycles. The number of nitrogens with zero attached hydrogens (tertiary/aromatic N) is 2. The fraction of sp³-hybridized carbons (Fsp3) is 0.409. The molecule has 0 aliphatic rings. The number of esters is 1. The predicted octanol–water partition coefficient (Wildman–Crippen LogP) is 5.69. The third-order valence-electron chi connectivity index (χ3n) is 4.66. The van der Waals surface area contributed by atoms with Crippen molar-refractivity contribution >= 4 is 52.2 Å². The lowest BCUT2D eigenvalue weighted by atomic mass is 10.2. The number of rotatable bonds is 8. The molecule has 2 heterocycles. The first-order valence-corrected chi connectivity index (χ1v) is 13.6. The molecule has 3 aromatic rings. The number of para-hydroxylation sites is 2. The zero-order valence-corrected chi connectivity index (χ0v) is 21.5. The largest absolute Gasteiger partial charge is 0.462 e. The quantitative estimate of drug-likeness (QED) is 0.236. The first-order valence-electron chi connectivity index (χ1n) is 10.0. The molecule has 0 saturated heterocycles. The summed E-state index contributed by atoms with van der Waals surface area (Å²) in [7, 11) is 0. The fourth-order valence-corrected chi connectivity index (χ4v) is 7.95. The highest BCUT2D eigenvalue weighted by Gasteiger charge is 2.36. The number of aryl methyl sites for hydroxylation is 1. The van der Waals surface area contributed by atoms with Gasteiger partial charge in [-0.25, -0.2) is 4.79 Å². The molecule has 3 rings (SSSR count). The molecule has 0 N–H and O–H groups in total. The van der Waals surface area contributed by atoms with E-state index in [1.54, 1.807) is 11.8 Å². The van der Waals surface area contributed by atoms with Crippen LogP contribution in [0.5, 0.6) is 0 Å². The van der Waals surface area contributed by atoms with Gasteiger partial charge in [0.05, 0.1) is 11.5 Å². The predicted molar refractivity (Wildman–Crippen MR) is 128 cm³/mol. The van der Waals surface area contributed by atoms with Crippen LogP contribution in [0.25, 0.3) is 11.4 Å². The molecule has 0 radical (unpaired) electrons. The van der Waals surface area contributed by atoms with E-state index < -0.39 is 0 Å². The van der Waals surface area contributed by atoms with Crippen LogP contribution in [0.2, 0.25) is 0 Å². The Morgan fingerprint density at radius 1 is 0.900 bits per heavy atom. The summed E-state index contributed by atoms with van der Waals surface area (Å²) < 4.78 is 12.3. The van der Waals surface area contributed by atoms with Gasteiger partial charge >= 0.3 is 14.6 Å². The number of benzene rings is 1. The van der Waals surface area contributed by atoms with Crippen molar-refractivity contribution in [3.63, 3.8) is 0 Å². The van der Waals surface area contributed by atoms with Crippen molar-refractivity contribution < 1.29 is 18.7 Å². The zero-order valence-electron chi connectivity index (χ0n) is 18.3. The molecule has 2 aromatic heterocycles. The summed E-state index contributed by atoms with van der Waals surface area (Å²) in [4.78, 5) is 14.6. The third-order valence-corrected chi connectivity index (χ3v) is 9.29. The van der Waals surface area contributed by atoms with Gasteiger partial charge in [0.15, 0.2) is 10.6 Å². The minimum atomic E-state index is -0.244. The highest BCUT2D eigenvalue weighted by Crippen LogP contribution is 2.31. The average Bonchev–Trinajstić information content (AvgIpc) is 3.19. The van der Waals surface area contributed by atoms with E-state index in [1.165, 1.54) is 26.2 Å². The number of carbonyl (C=O) groups is 1. The van der Waals surface area contributed by atoms with Gasteiger partial charge < -0.3 is 4.74 Å². The molecule has 0 atom stereocenters. The number of hydrogen-bond acceptors (Lipinski definition) is 6. The zero-order chi connectivity index (χ0) is 21.8. The van der Waals surface area contributed by atoms with Crippen molar-refractivity contribution in [2.75, 3.05) is 18.1 Å². The summed E-state index contributed by atoms with van der Waals surface area (Å²) in [6, 6.07) is 8.46. The highest BCUT2D eigenvalue weighted by molar-refractivity contribution is 8.01. The van der Waals surface area contributed by atoms with Gasteiger partial charge in [-0.15, -0.1) is 9.13 Å². The molecule has 4 nitrogen and oxygen atoms in total. The number of thiazole rings is 2. The van der Waals surface area contributed by atoms with Gasteiger partial charge in [0.1, 0.15) is 0 Å². The fourth-order valence-electron chi connectivity index (χ4n) is 3.21. The van der Waals surface area contributed by atoms with Crippen LogP contribution in [0.3, 0.4) is 0 Å². The van der Waals surface area contributed by atoms with Crippen LogP contribution in [-0.2, 0) is 4.74 Å². The average molecular weight is 481 g/mol. The van der Waals surface area contributed by atoms with E-state index in [0.29, 0.717) is 11.5 Å². The summed E-state index contributed by atoms with van der Waals surface area (Å²) in [6.07, 6.45) is 0. The maximum Gasteiger partial charge on any atom is 0.355 e. The molecule has 8 heteroatoms. The molecule has 0 aliphatic carbocycles. The molecular weight excluding hydrogens is 453 g/mol. The van der Waals surface area contributed by atoms with Crippen molar-refractivity contribution in [3.8, 4) is 11.4 Å². The van der Waals surface area contributed by atoms with Crippen molar-refractivity contribution in [2.45, 2.75) is 50.2 Å². The van der Waals surface area contributed by atoms with E-state index >= 15 is 0 Å². The van der Waals surface area contributed by atoms with Gasteiger partial charge in [-0.1, -0.05) is 37.3 Å². The van der Waals surface area contributed by atoms with E-state index in [4.69, 9.17) is 4.74 Å². The van der Waals surface area contributed by atoms with Gasteiger partial charge in [0.2, 0.25) is 5.69 Å². The van der Waals surface area contributed by atoms with Gasteiger partial charge in [-0.3, -0.25) is 0 Å². The first kappa shape index (κ1) is 23.3. The smallest absolute Gasteiger partial charge is 0.355 e. The van der Waals surface area contributed by atoms with Crippen LogP contribution in [0.15, 0.2) is 32.9 Å². The Morgan fingerprint density at radius 2 is 1.43 bits per heavy atom. The van der Waals surface area contributed by atoms with Crippen LogP contribution in [0, 0.1) is 20.8 Å². The van der Waals surface area contributed by atoms with Crippen molar-refractivity contribution in [3.05, 3.63) is 45.4 Å². The van der Waals surface area contributed by atoms with E-state index in [1.807, 2.05) is 36.9 Å². The maximum absolute atomic E-state index is 12.6. The Balaban J connectivity index is 2.26. The maximum atomic E-state index is 12.6. The second-order valence-electron chi connectivity index (χ2n) is 6.54. The van der Waals surface area contributed by atoms with Crippen molar-refractivity contribution in [1.29, 1.82) is 0 Å². The Kier molecular flexibility index (Phi) is 8.01. The lowest BCUT2D eigenvalue weighted by Gasteiger charge is -2.04. The van der Waals surface area contributed by atoms with Crippen LogP contribution in [0.4, 0.5) is 0 Å².